The van der Waals surface area contributed by atoms with Crippen LogP contribution < -0.4 is 14.8 Å². The third-order valence-corrected chi connectivity index (χ3v) is 5.05. The van der Waals surface area contributed by atoms with Crippen LogP contribution in [0.1, 0.15) is 26.3 Å². The molecule has 0 radical (unpaired) electrons. The first-order valence-corrected chi connectivity index (χ1v) is 9.93. The Balaban J connectivity index is 2.29. The number of ether oxygens (including phenoxy) is 2. The Labute approximate surface area is 175 Å². The van der Waals surface area contributed by atoms with Gasteiger partial charge in [-0.15, -0.1) is 0 Å². The maximum Gasteiger partial charge on any atom is 0.328 e. The molecular weight excluding hydrogens is 382 g/mol. The molecule has 0 saturated heterocycles. The highest BCUT2D eigenvalue weighted by atomic mass is 16.5. The molecule has 1 aromatic heterocycles. The Bertz CT molecular complexity index is 1130. The lowest BCUT2D eigenvalue weighted by Gasteiger charge is -2.13. The van der Waals surface area contributed by atoms with Gasteiger partial charge >= 0.3 is 5.97 Å². The lowest BCUT2D eigenvalue weighted by molar-refractivity contribution is -0.139. The van der Waals surface area contributed by atoms with Crippen molar-refractivity contribution in [2.45, 2.75) is 33.2 Å². The van der Waals surface area contributed by atoms with E-state index in [2.05, 4.69) is 11.9 Å². The van der Waals surface area contributed by atoms with Gasteiger partial charge in [0.25, 0.3) is 0 Å². The van der Waals surface area contributed by atoms with Crippen LogP contribution in [-0.2, 0) is 11.2 Å². The maximum atomic E-state index is 11.8. The van der Waals surface area contributed by atoms with Crippen molar-refractivity contribution in [3.8, 4) is 22.8 Å². The lowest BCUT2D eigenvalue weighted by Crippen LogP contribution is -2.27. The molecule has 2 aromatic carbocycles. The van der Waals surface area contributed by atoms with Crippen molar-refractivity contribution in [1.29, 1.82) is 0 Å². The van der Waals surface area contributed by atoms with E-state index in [1.54, 1.807) is 26.4 Å². The number of carbonyl (C=O) groups is 1. The molecule has 30 heavy (non-hydrogen) atoms. The minimum atomic E-state index is -0.946. The number of hydrogen-bond acceptors (Lipinski definition) is 5. The highest BCUT2D eigenvalue weighted by Gasteiger charge is 2.20. The van der Waals surface area contributed by atoms with Crippen LogP contribution in [0.5, 0.6) is 11.5 Å². The van der Waals surface area contributed by atoms with Crippen molar-refractivity contribution in [1.82, 2.24) is 0 Å². The molecule has 3 aromatic rings. The molecule has 158 valence electrons. The molecule has 0 aliphatic heterocycles. The first kappa shape index (κ1) is 21.4. The van der Waals surface area contributed by atoms with E-state index in [9.17, 15) is 9.90 Å². The molecule has 0 aliphatic rings. The smallest absolute Gasteiger partial charge is 0.328 e. The van der Waals surface area contributed by atoms with Gasteiger partial charge in [0.1, 0.15) is 17.4 Å². The van der Waals surface area contributed by atoms with Crippen LogP contribution >= 0.6 is 0 Å². The molecule has 1 atom stereocenters. The van der Waals surface area contributed by atoms with E-state index in [0.29, 0.717) is 28.2 Å². The SMILES string of the molecule is CCc1ccc2oc(-c3ccc(OC)c(OC)c3)cc(=NC(C(=O)O)C(C)C)c2c1. The molecule has 3 rings (SSSR count). The van der Waals surface area contributed by atoms with Crippen molar-refractivity contribution in [3.05, 3.63) is 53.4 Å². The summed E-state index contributed by atoms with van der Waals surface area (Å²) >= 11 is 0. The average molecular weight is 409 g/mol. The molecule has 1 heterocycles. The summed E-state index contributed by atoms with van der Waals surface area (Å²) in [6.07, 6.45) is 0.860. The number of aliphatic carboxylic acids is 1. The Morgan fingerprint density at radius 3 is 2.40 bits per heavy atom. The van der Waals surface area contributed by atoms with Gasteiger partial charge in [0.05, 0.1) is 19.6 Å². The summed E-state index contributed by atoms with van der Waals surface area (Å²) in [5, 5.41) is 11.0. The Kier molecular flexibility index (Phi) is 6.45. The van der Waals surface area contributed by atoms with E-state index < -0.39 is 12.0 Å². The summed E-state index contributed by atoms with van der Waals surface area (Å²) in [7, 11) is 3.16. The third kappa shape index (κ3) is 4.32. The number of methoxy groups -OCH3 is 2. The molecule has 0 saturated carbocycles. The summed E-state index contributed by atoms with van der Waals surface area (Å²) in [5.74, 6) is 0.673. The predicted octanol–water partition coefficient (Wildman–Crippen LogP) is 4.69. The van der Waals surface area contributed by atoms with Crippen LogP contribution in [0.15, 0.2) is 51.9 Å². The molecule has 0 aliphatic carbocycles. The van der Waals surface area contributed by atoms with Crippen LogP contribution in [0.3, 0.4) is 0 Å². The van der Waals surface area contributed by atoms with Gasteiger partial charge in [-0.3, -0.25) is 4.99 Å². The van der Waals surface area contributed by atoms with E-state index in [-0.39, 0.29) is 5.92 Å². The fraction of sp³-hybridized carbons (Fsp3) is 0.333. The zero-order chi connectivity index (χ0) is 21.8. The van der Waals surface area contributed by atoms with Crippen molar-refractivity contribution in [2.24, 2.45) is 10.9 Å². The topological polar surface area (TPSA) is 81.3 Å². The normalized spacial score (nSPS) is 12.9. The quantitative estimate of drug-likeness (QED) is 0.612. The van der Waals surface area contributed by atoms with E-state index in [0.717, 1.165) is 22.9 Å². The van der Waals surface area contributed by atoms with Crippen LogP contribution in [-0.4, -0.2) is 31.3 Å². The molecule has 0 amide bonds. The average Bonchev–Trinajstić information content (AvgIpc) is 2.75. The summed E-state index contributed by atoms with van der Waals surface area (Å²) in [6, 6.07) is 12.4. The van der Waals surface area contributed by atoms with E-state index in [1.807, 2.05) is 44.2 Å². The number of aryl methyl sites for hydroxylation is 1. The van der Waals surface area contributed by atoms with E-state index in [4.69, 9.17) is 13.9 Å². The minimum Gasteiger partial charge on any atom is -0.493 e. The molecule has 0 fully saturated rings. The predicted molar refractivity (Wildman–Crippen MR) is 116 cm³/mol. The largest absolute Gasteiger partial charge is 0.493 e. The Morgan fingerprint density at radius 1 is 1.07 bits per heavy atom. The number of nitrogens with zero attached hydrogens (tertiary/aromatic N) is 1. The number of rotatable bonds is 7. The van der Waals surface area contributed by atoms with E-state index >= 15 is 0 Å². The fourth-order valence-electron chi connectivity index (χ4n) is 3.31. The van der Waals surface area contributed by atoms with Crippen LogP contribution in [0.4, 0.5) is 0 Å². The van der Waals surface area contributed by atoms with Crippen molar-refractivity contribution in [2.75, 3.05) is 14.2 Å². The second kappa shape index (κ2) is 9.03. The Morgan fingerprint density at radius 2 is 1.80 bits per heavy atom. The maximum absolute atomic E-state index is 11.8. The summed E-state index contributed by atoms with van der Waals surface area (Å²) in [4.78, 5) is 16.4. The number of carboxylic acid groups (broad SMARTS) is 1. The van der Waals surface area contributed by atoms with Crippen LogP contribution in [0.25, 0.3) is 22.3 Å². The number of carboxylic acids is 1. The number of hydrogen-bond donors (Lipinski definition) is 1. The first-order chi connectivity index (χ1) is 14.4. The van der Waals surface area contributed by atoms with Gasteiger partial charge in [-0.25, -0.2) is 4.79 Å². The molecule has 0 spiro atoms. The summed E-state index contributed by atoms with van der Waals surface area (Å²) < 4.78 is 16.9. The van der Waals surface area contributed by atoms with Crippen molar-refractivity contribution >= 4 is 16.9 Å². The lowest BCUT2D eigenvalue weighted by atomic mass is 10.0. The first-order valence-electron chi connectivity index (χ1n) is 9.93. The molecule has 6 heteroatoms. The standard InChI is InChI=1S/C24H27NO5/c1-6-15-7-9-19-17(11-15)18(25-23(14(2)3)24(26)27)13-21(30-19)16-8-10-20(28-4)22(12-16)29-5/h7-14,23H,6H2,1-5H3,(H,26,27). The highest BCUT2D eigenvalue weighted by molar-refractivity contribution is 5.80. The number of fused-ring (bicyclic) bond motifs is 1. The van der Waals surface area contributed by atoms with Gasteiger partial charge < -0.3 is 19.0 Å². The molecule has 6 nitrogen and oxygen atoms in total. The van der Waals surface area contributed by atoms with Gasteiger partial charge in [0.2, 0.25) is 0 Å². The van der Waals surface area contributed by atoms with Crippen LogP contribution in [0, 0.1) is 5.92 Å². The van der Waals surface area contributed by atoms with Crippen molar-refractivity contribution < 1.29 is 23.8 Å². The van der Waals surface area contributed by atoms with Crippen molar-refractivity contribution in [3.63, 3.8) is 0 Å². The fourth-order valence-corrected chi connectivity index (χ4v) is 3.31. The Hall–Kier alpha value is -3.28. The van der Waals surface area contributed by atoms with Gasteiger partial charge in [0, 0.05) is 17.0 Å². The van der Waals surface area contributed by atoms with Gasteiger partial charge in [-0.2, -0.15) is 0 Å². The van der Waals surface area contributed by atoms with Crippen LogP contribution in [0.2, 0.25) is 0 Å². The minimum absolute atomic E-state index is 0.145. The second-order valence-electron chi connectivity index (χ2n) is 7.41. The monoisotopic (exact) mass is 409 g/mol. The number of benzene rings is 2. The molecule has 0 bridgehead atoms. The molecule has 1 unspecified atom stereocenters. The van der Waals surface area contributed by atoms with E-state index in [1.165, 1.54) is 0 Å². The summed E-state index contributed by atoms with van der Waals surface area (Å²) in [6.45, 7) is 5.77. The zero-order valence-electron chi connectivity index (χ0n) is 17.9. The third-order valence-electron chi connectivity index (χ3n) is 5.05. The zero-order valence-corrected chi connectivity index (χ0v) is 17.9. The van der Waals surface area contributed by atoms with Gasteiger partial charge in [-0.05, 0) is 48.2 Å². The summed E-state index contributed by atoms with van der Waals surface area (Å²) in [5.41, 5.74) is 2.55. The van der Waals surface area contributed by atoms with Gasteiger partial charge in [-0.1, -0.05) is 26.8 Å². The highest BCUT2D eigenvalue weighted by Crippen LogP contribution is 2.33. The molecular formula is C24H27NO5. The molecule has 1 N–H and O–H groups in total. The van der Waals surface area contributed by atoms with Gasteiger partial charge in [0.15, 0.2) is 11.5 Å². The second-order valence-corrected chi connectivity index (χ2v) is 7.41.